The van der Waals surface area contributed by atoms with Crippen molar-refractivity contribution in [3.05, 3.63) is 53.6 Å². The number of hydrogen-bond acceptors (Lipinski definition) is 4. The van der Waals surface area contributed by atoms with Crippen LogP contribution < -0.4 is 5.32 Å². The third-order valence-electron chi connectivity index (χ3n) is 6.21. The summed E-state index contributed by atoms with van der Waals surface area (Å²) in [5.41, 5.74) is 4.69. The minimum Gasteiger partial charge on any atom is -0.341 e. The molecule has 0 unspecified atom stereocenters. The maximum absolute atomic E-state index is 13.2. The Kier molecular flexibility index (Phi) is 7.08. The van der Waals surface area contributed by atoms with Gasteiger partial charge in [0.05, 0.1) is 16.8 Å². The fraction of sp³-hybridized carbons (Fsp3) is 0.423. The van der Waals surface area contributed by atoms with Crippen LogP contribution in [0.15, 0.2) is 47.6 Å². The number of rotatable bonds is 6. The van der Waals surface area contributed by atoms with Crippen LogP contribution in [0.25, 0.3) is 11.0 Å². The van der Waals surface area contributed by atoms with Gasteiger partial charge in [0.25, 0.3) is 0 Å². The average Bonchev–Trinajstić information content (AvgIpc) is 3.11. The molecule has 6 nitrogen and oxygen atoms in total. The highest BCUT2D eigenvalue weighted by Gasteiger charge is 2.26. The van der Waals surface area contributed by atoms with Gasteiger partial charge in [-0.15, -0.1) is 0 Å². The molecule has 1 saturated heterocycles. The van der Waals surface area contributed by atoms with Gasteiger partial charge in [0.1, 0.15) is 6.54 Å². The average molecular weight is 465 g/mol. The number of nitrogens with zero attached hydrogens (tertiary/aromatic N) is 3. The zero-order valence-electron chi connectivity index (χ0n) is 19.8. The third kappa shape index (κ3) is 5.41. The number of amides is 2. The molecule has 2 aromatic carbocycles. The van der Waals surface area contributed by atoms with Crippen LogP contribution in [0.2, 0.25) is 0 Å². The number of para-hydroxylation sites is 3. The molecule has 0 spiro atoms. The molecule has 1 aliphatic rings. The van der Waals surface area contributed by atoms with Crippen LogP contribution in [-0.2, 0) is 16.1 Å². The van der Waals surface area contributed by atoms with E-state index >= 15 is 0 Å². The molecule has 7 heteroatoms. The maximum atomic E-state index is 13.2. The number of thioether (sulfide) groups is 1. The van der Waals surface area contributed by atoms with Crippen LogP contribution in [0.5, 0.6) is 0 Å². The Morgan fingerprint density at radius 2 is 1.70 bits per heavy atom. The Morgan fingerprint density at radius 1 is 1.03 bits per heavy atom. The molecular formula is C26H32N4O2S. The summed E-state index contributed by atoms with van der Waals surface area (Å²) in [4.78, 5) is 32.6. The second-order valence-corrected chi connectivity index (χ2v) is 10.3. The number of piperidine rings is 1. The van der Waals surface area contributed by atoms with Crippen molar-refractivity contribution < 1.29 is 9.59 Å². The van der Waals surface area contributed by atoms with E-state index in [9.17, 15) is 9.59 Å². The molecule has 2 amide bonds. The van der Waals surface area contributed by atoms with E-state index in [-0.39, 0.29) is 24.1 Å². The number of nitrogens with one attached hydrogen (secondary N) is 1. The fourth-order valence-corrected chi connectivity index (χ4v) is 5.55. The van der Waals surface area contributed by atoms with E-state index in [1.165, 1.54) is 11.8 Å². The van der Waals surface area contributed by atoms with Crippen molar-refractivity contribution in [1.82, 2.24) is 14.5 Å². The Bertz CT molecular complexity index is 1140. The number of imidazole rings is 1. The van der Waals surface area contributed by atoms with Gasteiger partial charge >= 0.3 is 0 Å². The predicted octanol–water partition coefficient (Wildman–Crippen LogP) is 4.89. The van der Waals surface area contributed by atoms with Crippen molar-refractivity contribution in [3.8, 4) is 0 Å². The standard InChI is InChI=1S/C26H32N4O2S/c1-17-12-18(2)14-29(13-17)24(32)15-30-22-11-6-5-10-21(22)27-26(30)33-16-23(31)28-25-19(3)8-7-9-20(25)4/h5-11,17-18H,12-16H2,1-4H3,(H,28,31)/t17-,18-/m0/s1. The lowest BCUT2D eigenvalue weighted by molar-refractivity contribution is -0.134. The Labute approximate surface area is 199 Å². The van der Waals surface area contributed by atoms with E-state index in [0.29, 0.717) is 17.0 Å². The second-order valence-electron chi connectivity index (χ2n) is 9.32. The van der Waals surface area contributed by atoms with Gasteiger partial charge in [-0.2, -0.15) is 0 Å². The van der Waals surface area contributed by atoms with Gasteiger partial charge in [0.2, 0.25) is 11.8 Å². The number of carbonyl (C=O) groups is 2. The SMILES string of the molecule is Cc1cccc(C)c1NC(=O)CSc1nc2ccccc2n1CC(=O)N1C[C@@H](C)C[C@H](C)C1. The van der Waals surface area contributed by atoms with Crippen LogP contribution in [-0.4, -0.2) is 45.1 Å². The molecular weight excluding hydrogens is 432 g/mol. The van der Waals surface area contributed by atoms with Gasteiger partial charge < -0.3 is 14.8 Å². The number of carbonyl (C=O) groups excluding carboxylic acids is 2. The number of benzene rings is 2. The first-order chi connectivity index (χ1) is 15.8. The van der Waals surface area contributed by atoms with E-state index in [4.69, 9.17) is 4.98 Å². The lowest BCUT2D eigenvalue weighted by Gasteiger charge is -2.35. The van der Waals surface area contributed by atoms with Gasteiger partial charge in [-0.1, -0.05) is 55.9 Å². The molecule has 174 valence electrons. The largest absolute Gasteiger partial charge is 0.341 e. The summed E-state index contributed by atoms with van der Waals surface area (Å²) < 4.78 is 1.96. The number of hydrogen-bond donors (Lipinski definition) is 1. The Balaban J connectivity index is 1.50. The van der Waals surface area contributed by atoms with Crippen molar-refractivity contribution in [2.24, 2.45) is 11.8 Å². The molecule has 4 rings (SSSR count). The molecule has 1 N–H and O–H groups in total. The van der Waals surface area contributed by atoms with Crippen LogP contribution >= 0.6 is 11.8 Å². The third-order valence-corrected chi connectivity index (χ3v) is 7.19. The van der Waals surface area contributed by atoms with Crippen molar-refractivity contribution in [1.29, 1.82) is 0 Å². The first-order valence-electron chi connectivity index (χ1n) is 11.5. The summed E-state index contributed by atoms with van der Waals surface area (Å²) >= 11 is 1.37. The van der Waals surface area contributed by atoms with E-state index in [0.717, 1.165) is 47.4 Å². The van der Waals surface area contributed by atoms with Gasteiger partial charge in [-0.25, -0.2) is 4.98 Å². The van der Waals surface area contributed by atoms with Crippen LogP contribution in [0.1, 0.15) is 31.4 Å². The molecule has 33 heavy (non-hydrogen) atoms. The monoisotopic (exact) mass is 464 g/mol. The summed E-state index contributed by atoms with van der Waals surface area (Å²) in [6.45, 7) is 10.2. The van der Waals surface area contributed by atoms with E-state index in [1.54, 1.807) is 0 Å². The van der Waals surface area contributed by atoms with Crippen LogP contribution in [0.4, 0.5) is 5.69 Å². The predicted molar refractivity (Wildman–Crippen MR) is 135 cm³/mol. The van der Waals surface area contributed by atoms with Crippen molar-refractivity contribution >= 4 is 40.3 Å². The zero-order chi connectivity index (χ0) is 23.5. The number of anilines is 1. The van der Waals surface area contributed by atoms with Crippen molar-refractivity contribution in [2.45, 2.75) is 45.8 Å². The summed E-state index contributed by atoms with van der Waals surface area (Å²) in [6.07, 6.45) is 1.16. The van der Waals surface area contributed by atoms with Crippen molar-refractivity contribution in [3.63, 3.8) is 0 Å². The maximum Gasteiger partial charge on any atom is 0.242 e. The summed E-state index contributed by atoms with van der Waals surface area (Å²) in [5, 5.41) is 3.73. The lowest BCUT2D eigenvalue weighted by Crippen LogP contribution is -2.44. The molecule has 0 bridgehead atoms. The minimum atomic E-state index is -0.0824. The molecule has 1 fully saturated rings. The minimum absolute atomic E-state index is 0.0824. The molecule has 2 heterocycles. The van der Waals surface area contributed by atoms with Crippen LogP contribution in [0.3, 0.4) is 0 Å². The molecule has 1 aliphatic heterocycles. The normalized spacial score (nSPS) is 18.5. The molecule has 0 aliphatic carbocycles. The number of aromatic nitrogens is 2. The second kappa shape index (κ2) is 10.00. The molecule has 3 aromatic rings. The lowest BCUT2D eigenvalue weighted by atomic mass is 9.92. The highest BCUT2D eigenvalue weighted by atomic mass is 32.2. The molecule has 2 atom stereocenters. The summed E-state index contributed by atoms with van der Waals surface area (Å²) in [7, 11) is 0. The molecule has 0 radical (unpaired) electrons. The Morgan fingerprint density at radius 3 is 2.39 bits per heavy atom. The summed E-state index contributed by atoms with van der Waals surface area (Å²) in [6, 6.07) is 13.8. The quantitative estimate of drug-likeness (QED) is 0.528. The first-order valence-corrected chi connectivity index (χ1v) is 12.5. The highest BCUT2D eigenvalue weighted by molar-refractivity contribution is 7.99. The van der Waals surface area contributed by atoms with Gasteiger partial charge in [0.15, 0.2) is 5.16 Å². The highest BCUT2D eigenvalue weighted by Crippen LogP contribution is 2.27. The first kappa shape index (κ1) is 23.4. The summed E-state index contributed by atoms with van der Waals surface area (Å²) in [5.74, 6) is 1.28. The van der Waals surface area contributed by atoms with Crippen molar-refractivity contribution in [2.75, 3.05) is 24.2 Å². The van der Waals surface area contributed by atoms with Gasteiger partial charge in [0, 0.05) is 18.8 Å². The molecule has 0 saturated carbocycles. The number of likely N-dealkylation sites (tertiary alicyclic amines) is 1. The zero-order valence-corrected chi connectivity index (χ0v) is 20.6. The van der Waals surface area contributed by atoms with E-state index in [2.05, 4.69) is 19.2 Å². The van der Waals surface area contributed by atoms with E-state index in [1.807, 2.05) is 65.8 Å². The Hall–Kier alpha value is -2.80. The number of aryl methyl sites for hydroxylation is 2. The molecule has 1 aromatic heterocycles. The number of fused-ring (bicyclic) bond motifs is 1. The fourth-order valence-electron chi connectivity index (χ4n) is 4.74. The smallest absolute Gasteiger partial charge is 0.242 e. The van der Waals surface area contributed by atoms with Crippen LogP contribution in [0, 0.1) is 25.7 Å². The van der Waals surface area contributed by atoms with Gasteiger partial charge in [-0.05, 0) is 55.4 Å². The topological polar surface area (TPSA) is 67.2 Å². The van der Waals surface area contributed by atoms with E-state index < -0.39 is 0 Å². The van der Waals surface area contributed by atoms with Gasteiger partial charge in [-0.3, -0.25) is 9.59 Å².